The van der Waals surface area contributed by atoms with Crippen LogP contribution >= 0.6 is 15.9 Å². The minimum absolute atomic E-state index is 0.539. The van der Waals surface area contributed by atoms with Gasteiger partial charge in [-0.3, -0.25) is 0 Å². The van der Waals surface area contributed by atoms with Crippen LogP contribution in [0.25, 0.3) is 0 Å². The van der Waals surface area contributed by atoms with Crippen LogP contribution in [0.2, 0.25) is 0 Å². The van der Waals surface area contributed by atoms with E-state index in [4.69, 9.17) is 9.84 Å². The van der Waals surface area contributed by atoms with Gasteiger partial charge in [0.25, 0.3) is 0 Å². The second kappa shape index (κ2) is 4.28. The number of carboxylic acids is 1. The standard InChI is InChI=1S/C9H9BrO3/c1-6(9(11)12)13-8-5-3-2-4-7(8)10/h2-6H,1H3,(H,11,12). The summed E-state index contributed by atoms with van der Waals surface area (Å²) >= 11 is 3.26. The van der Waals surface area contributed by atoms with Gasteiger partial charge in [-0.05, 0) is 35.0 Å². The van der Waals surface area contributed by atoms with E-state index < -0.39 is 12.1 Å². The number of carbonyl (C=O) groups is 1. The average molecular weight is 245 g/mol. The number of aliphatic carboxylic acids is 1. The Hall–Kier alpha value is -1.03. The number of benzene rings is 1. The molecule has 0 radical (unpaired) electrons. The first-order valence-corrected chi connectivity index (χ1v) is 4.54. The summed E-state index contributed by atoms with van der Waals surface area (Å²) in [5.74, 6) is -0.437. The van der Waals surface area contributed by atoms with E-state index in [1.165, 1.54) is 6.92 Å². The molecule has 1 unspecified atom stereocenters. The van der Waals surface area contributed by atoms with Crippen molar-refractivity contribution in [2.75, 3.05) is 0 Å². The largest absolute Gasteiger partial charge is 0.479 e. The van der Waals surface area contributed by atoms with Crippen LogP contribution in [-0.4, -0.2) is 17.2 Å². The Bertz CT molecular complexity index is 311. The fourth-order valence-electron chi connectivity index (χ4n) is 0.781. The van der Waals surface area contributed by atoms with Gasteiger partial charge in [0.2, 0.25) is 0 Å². The zero-order valence-corrected chi connectivity index (χ0v) is 8.61. The summed E-state index contributed by atoms with van der Waals surface area (Å²) in [6, 6.07) is 7.13. The molecule has 0 aromatic heterocycles. The minimum Gasteiger partial charge on any atom is -0.479 e. The van der Waals surface area contributed by atoms with Crippen molar-refractivity contribution in [3.8, 4) is 5.75 Å². The van der Waals surface area contributed by atoms with Crippen molar-refractivity contribution in [3.05, 3.63) is 28.7 Å². The Morgan fingerprint density at radius 3 is 2.69 bits per heavy atom. The van der Waals surface area contributed by atoms with Gasteiger partial charge in [0.1, 0.15) is 5.75 Å². The molecule has 1 aromatic carbocycles. The van der Waals surface area contributed by atoms with Gasteiger partial charge in [-0.2, -0.15) is 0 Å². The first kappa shape index (κ1) is 10.1. The number of halogens is 1. The molecule has 0 bridgehead atoms. The SMILES string of the molecule is CC(Oc1ccccc1Br)C(=O)O. The van der Waals surface area contributed by atoms with E-state index in [0.717, 1.165) is 4.47 Å². The van der Waals surface area contributed by atoms with Gasteiger partial charge in [-0.25, -0.2) is 4.79 Å². The van der Waals surface area contributed by atoms with Crippen molar-refractivity contribution in [1.29, 1.82) is 0 Å². The number of para-hydroxylation sites is 1. The van der Waals surface area contributed by atoms with Gasteiger partial charge < -0.3 is 9.84 Å². The molecule has 0 aliphatic carbocycles. The van der Waals surface area contributed by atoms with Gasteiger partial charge in [0.15, 0.2) is 6.10 Å². The number of rotatable bonds is 3. The van der Waals surface area contributed by atoms with Crippen LogP contribution in [0.3, 0.4) is 0 Å². The molecule has 0 heterocycles. The summed E-state index contributed by atoms with van der Waals surface area (Å²) in [5, 5.41) is 8.59. The molecule has 1 rings (SSSR count). The van der Waals surface area contributed by atoms with Crippen LogP contribution in [0.15, 0.2) is 28.7 Å². The van der Waals surface area contributed by atoms with Crippen LogP contribution in [0.5, 0.6) is 5.75 Å². The zero-order valence-electron chi connectivity index (χ0n) is 7.03. The summed E-state index contributed by atoms with van der Waals surface area (Å²) in [5.41, 5.74) is 0. The number of hydrogen-bond acceptors (Lipinski definition) is 2. The number of ether oxygens (including phenoxy) is 1. The first-order valence-electron chi connectivity index (χ1n) is 3.75. The third kappa shape index (κ3) is 2.73. The van der Waals surface area contributed by atoms with Crippen molar-refractivity contribution >= 4 is 21.9 Å². The fraction of sp³-hybridized carbons (Fsp3) is 0.222. The lowest BCUT2D eigenvalue weighted by molar-refractivity contribution is -0.144. The fourth-order valence-corrected chi connectivity index (χ4v) is 1.16. The molecule has 0 fully saturated rings. The molecule has 1 N–H and O–H groups in total. The van der Waals surface area contributed by atoms with E-state index in [9.17, 15) is 4.79 Å². The maximum atomic E-state index is 10.5. The van der Waals surface area contributed by atoms with Gasteiger partial charge in [0.05, 0.1) is 4.47 Å². The zero-order chi connectivity index (χ0) is 9.84. The highest BCUT2D eigenvalue weighted by atomic mass is 79.9. The normalized spacial score (nSPS) is 12.2. The Kier molecular flexibility index (Phi) is 3.31. The lowest BCUT2D eigenvalue weighted by Gasteiger charge is -2.11. The Morgan fingerprint density at radius 1 is 1.54 bits per heavy atom. The van der Waals surface area contributed by atoms with Gasteiger partial charge in [-0.1, -0.05) is 12.1 Å². The molecule has 3 nitrogen and oxygen atoms in total. The van der Waals surface area contributed by atoms with Crippen LogP contribution in [0, 0.1) is 0 Å². The molecule has 0 aliphatic rings. The van der Waals surface area contributed by atoms with Gasteiger partial charge in [-0.15, -0.1) is 0 Å². The molecule has 0 amide bonds. The lowest BCUT2D eigenvalue weighted by Crippen LogP contribution is -2.22. The summed E-state index contributed by atoms with van der Waals surface area (Å²) in [7, 11) is 0. The van der Waals surface area contributed by atoms with E-state index in [1.54, 1.807) is 18.2 Å². The van der Waals surface area contributed by atoms with Crippen molar-refractivity contribution < 1.29 is 14.6 Å². The molecule has 4 heteroatoms. The highest BCUT2D eigenvalue weighted by Crippen LogP contribution is 2.24. The summed E-state index contributed by atoms with van der Waals surface area (Å²) < 4.78 is 5.91. The predicted molar refractivity (Wildman–Crippen MR) is 51.9 cm³/mol. The van der Waals surface area contributed by atoms with Gasteiger partial charge in [0, 0.05) is 0 Å². The van der Waals surface area contributed by atoms with Gasteiger partial charge >= 0.3 is 5.97 Å². The predicted octanol–water partition coefficient (Wildman–Crippen LogP) is 2.30. The molecule has 70 valence electrons. The van der Waals surface area contributed by atoms with Crippen LogP contribution in [0.4, 0.5) is 0 Å². The van der Waals surface area contributed by atoms with E-state index in [2.05, 4.69) is 15.9 Å². The van der Waals surface area contributed by atoms with Crippen LogP contribution in [0.1, 0.15) is 6.92 Å². The third-order valence-electron chi connectivity index (χ3n) is 1.49. The number of carboxylic acid groups (broad SMARTS) is 1. The highest BCUT2D eigenvalue weighted by molar-refractivity contribution is 9.10. The molecule has 1 atom stereocenters. The summed E-state index contributed by atoms with van der Waals surface area (Å²) in [6.45, 7) is 1.49. The molecular weight excluding hydrogens is 236 g/mol. The molecule has 0 saturated carbocycles. The van der Waals surface area contributed by atoms with E-state index in [1.807, 2.05) is 6.07 Å². The lowest BCUT2D eigenvalue weighted by atomic mass is 10.3. The molecule has 0 spiro atoms. The third-order valence-corrected chi connectivity index (χ3v) is 2.14. The summed E-state index contributed by atoms with van der Waals surface area (Å²) in [4.78, 5) is 10.5. The van der Waals surface area contributed by atoms with E-state index >= 15 is 0 Å². The van der Waals surface area contributed by atoms with Crippen molar-refractivity contribution in [2.24, 2.45) is 0 Å². The monoisotopic (exact) mass is 244 g/mol. The molecule has 1 aromatic rings. The second-order valence-electron chi connectivity index (χ2n) is 2.53. The van der Waals surface area contributed by atoms with Crippen LogP contribution in [-0.2, 0) is 4.79 Å². The smallest absolute Gasteiger partial charge is 0.344 e. The average Bonchev–Trinajstić information content (AvgIpc) is 2.08. The Balaban J connectivity index is 2.74. The molecular formula is C9H9BrO3. The number of hydrogen-bond donors (Lipinski definition) is 1. The van der Waals surface area contributed by atoms with Crippen molar-refractivity contribution in [1.82, 2.24) is 0 Å². The second-order valence-corrected chi connectivity index (χ2v) is 3.38. The maximum Gasteiger partial charge on any atom is 0.344 e. The molecule has 13 heavy (non-hydrogen) atoms. The van der Waals surface area contributed by atoms with E-state index in [0.29, 0.717) is 5.75 Å². The van der Waals surface area contributed by atoms with Crippen molar-refractivity contribution in [3.63, 3.8) is 0 Å². The molecule has 0 aliphatic heterocycles. The topological polar surface area (TPSA) is 46.5 Å². The van der Waals surface area contributed by atoms with Crippen molar-refractivity contribution in [2.45, 2.75) is 13.0 Å². The Morgan fingerprint density at radius 2 is 2.15 bits per heavy atom. The maximum absolute atomic E-state index is 10.5. The quantitative estimate of drug-likeness (QED) is 0.888. The highest BCUT2D eigenvalue weighted by Gasteiger charge is 2.13. The molecule has 0 saturated heterocycles. The Labute approximate surface area is 84.5 Å². The van der Waals surface area contributed by atoms with Crippen LogP contribution < -0.4 is 4.74 Å². The van der Waals surface area contributed by atoms with E-state index in [-0.39, 0.29) is 0 Å². The summed E-state index contributed by atoms with van der Waals surface area (Å²) in [6.07, 6.45) is -0.835. The minimum atomic E-state index is -0.976. The first-order chi connectivity index (χ1) is 6.11.